The Hall–Kier alpha value is -2.33. The lowest BCUT2D eigenvalue weighted by Crippen LogP contribution is -1.99. The van der Waals surface area contributed by atoms with Crippen molar-refractivity contribution in [3.05, 3.63) is 52.9 Å². The van der Waals surface area contributed by atoms with Crippen LogP contribution < -0.4 is 0 Å². The third kappa shape index (κ3) is 2.38. The van der Waals surface area contributed by atoms with Crippen LogP contribution in [0.25, 0.3) is 21.2 Å². The Balaban J connectivity index is 2.18. The number of phenolic OH excluding ortho intramolecular Hbond substituents is 1. The van der Waals surface area contributed by atoms with E-state index >= 15 is 0 Å². The van der Waals surface area contributed by atoms with Gasteiger partial charge >= 0.3 is 5.97 Å². The Morgan fingerprint density at radius 2 is 2.00 bits per heavy atom. The zero-order valence-corrected chi connectivity index (χ0v) is 12.5. The first-order chi connectivity index (χ1) is 10.1. The minimum atomic E-state index is -0.319. The fourth-order valence-corrected chi connectivity index (χ4v) is 3.35. The highest BCUT2D eigenvalue weighted by atomic mass is 32.1. The molecule has 1 heterocycles. The van der Waals surface area contributed by atoms with E-state index in [2.05, 4.69) is 0 Å². The summed E-state index contributed by atoms with van der Waals surface area (Å²) >= 11 is 1.53. The maximum Gasteiger partial charge on any atom is 0.339 e. The summed E-state index contributed by atoms with van der Waals surface area (Å²) in [5, 5.41) is 12.2. The average Bonchev–Trinajstić information content (AvgIpc) is 2.89. The van der Waals surface area contributed by atoms with E-state index < -0.39 is 0 Å². The molecule has 3 aromatic rings. The summed E-state index contributed by atoms with van der Waals surface area (Å²) in [7, 11) is 1.39. The van der Waals surface area contributed by atoms with Gasteiger partial charge in [0.25, 0.3) is 0 Å². The van der Waals surface area contributed by atoms with Crippen molar-refractivity contribution in [2.75, 3.05) is 7.11 Å². The van der Waals surface area contributed by atoms with Crippen LogP contribution in [0, 0.1) is 6.92 Å². The zero-order chi connectivity index (χ0) is 15.0. The molecule has 2 aromatic carbocycles. The van der Waals surface area contributed by atoms with E-state index in [4.69, 9.17) is 4.74 Å². The van der Waals surface area contributed by atoms with Crippen LogP contribution in [-0.4, -0.2) is 18.2 Å². The van der Waals surface area contributed by atoms with Crippen LogP contribution >= 0.6 is 11.3 Å². The van der Waals surface area contributed by atoms with Gasteiger partial charge in [0, 0.05) is 15.5 Å². The number of rotatable bonds is 2. The van der Waals surface area contributed by atoms with E-state index in [-0.39, 0.29) is 11.7 Å². The number of ether oxygens (including phenoxy) is 1. The van der Waals surface area contributed by atoms with Crippen LogP contribution in [0.4, 0.5) is 0 Å². The number of carbonyl (C=O) groups excluding carboxylic acids is 1. The zero-order valence-electron chi connectivity index (χ0n) is 11.7. The fraction of sp³-hybridized carbons (Fsp3) is 0.118. The molecule has 106 valence electrons. The van der Waals surface area contributed by atoms with Crippen molar-refractivity contribution in [2.45, 2.75) is 6.92 Å². The Morgan fingerprint density at radius 1 is 1.19 bits per heavy atom. The Morgan fingerprint density at radius 3 is 2.71 bits per heavy atom. The van der Waals surface area contributed by atoms with Crippen molar-refractivity contribution < 1.29 is 14.6 Å². The SMILES string of the molecule is COC(=O)c1csc2ccc(-c3ccc(O)cc3C)cc12. The number of hydrogen-bond donors (Lipinski definition) is 1. The Bertz CT molecular complexity index is 833. The molecule has 0 atom stereocenters. The average molecular weight is 298 g/mol. The number of thiophene rings is 1. The van der Waals surface area contributed by atoms with Gasteiger partial charge in [-0.3, -0.25) is 0 Å². The lowest BCUT2D eigenvalue weighted by Gasteiger charge is -2.07. The van der Waals surface area contributed by atoms with Crippen molar-refractivity contribution in [1.29, 1.82) is 0 Å². The van der Waals surface area contributed by atoms with Crippen molar-refractivity contribution in [1.82, 2.24) is 0 Å². The minimum absolute atomic E-state index is 0.253. The summed E-state index contributed by atoms with van der Waals surface area (Å²) in [6, 6.07) is 11.3. The molecule has 4 heteroatoms. The normalized spacial score (nSPS) is 10.8. The number of hydrogen-bond acceptors (Lipinski definition) is 4. The molecule has 0 fully saturated rings. The van der Waals surface area contributed by atoms with Crippen molar-refractivity contribution in [3.63, 3.8) is 0 Å². The fourth-order valence-electron chi connectivity index (χ4n) is 2.44. The second kappa shape index (κ2) is 5.22. The molecule has 1 aromatic heterocycles. The minimum Gasteiger partial charge on any atom is -0.508 e. The molecular weight excluding hydrogens is 284 g/mol. The predicted octanol–water partition coefficient (Wildman–Crippen LogP) is 4.37. The van der Waals surface area contributed by atoms with E-state index in [1.165, 1.54) is 18.4 Å². The third-order valence-electron chi connectivity index (χ3n) is 3.50. The molecule has 0 spiro atoms. The van der Waals surface area contributed by atoms with Gasteiger partial charge in [-0.2, -0.15) is 0 Å². The molecule has 0 aliphatic carbocycles. The summed E-state index contributed by atoms with van der Waals surface area (Å²) in [6.45, 7) is 1.95. The maximum atomic E-state index is 11.8. The van der Waals surface area contributed by atoms with Gasteiger partial charge in [-0.1, -0.05) is 12.1 Å². The van der Waals surface area contributed by atoms with E-state index in [0.29, 0.717) is 5.56 Å². The number of aryl methyl sites for hydroxylation is 1. The van der Waals surface area contributed by atoms with Gasteiger partial charge < -0.3 is 9.84 Å². The van der Waals surface area contributed by atoms with Crippen molar-refractivity contribution in [2.24, 2.45) is 0 Å². The van der Waals surface area contributed by atoms with Crippen LogP contribution in [0.2, 0.25) is 0 Å². The quantitative estimate of drug-likeness (QED) is 0.715. The largest absolute Gasteiger partial charge is 0.508 e. The van der Waals surface area contributed by atoms with Gasteiger partial charge in [-0.25, -0.2) is 4.79 Å². The first kappa shape index (κ1) is 13.6. The second-order valence-electron chi connectivity index (χ2n) is 4.85. The molecule has 21 heavy (non-hydrogen) atoms. The standard InChI is InChI=1S/C17H14O3S/c1-10-7-12(18)4-5-13(10)11-3-6-16-14(8-11)15(9-21-16)17(19)20-2/h3-9,18H,1-2H3. The number of carbonyl (C=O) groups is 1. The van der Waals surface area contributed by atoms with Crippen LogP contribution in [0.3, 0.4) is 0 Å². The molecule has 3 nitrogen and oxygen atoms in total. The van der Waals surface area contributed by atoms with Gasteiger partial charge in [0.05, 0.1) is 12.7 Å². The van der Waals surface area contributed by atoms with Crippen LogP contribution in [0.1, 0.15) is 15.9 Å². The van der Waals surface area contributed by atoms with Crippen molar-refractivity contribution in [3.8, 4) is 16.9 Å². The molecule has 0 aliphatic rings. The maximum absolute atomic E-state index is 11.8. The molecule has 1 N–H and O–H groups in total. The summed E-state index contributed by atoms with van der Waals surface area (Å²) in [5.41, 5.74) is 3.64. The van der Waals surface area contributed by atoms with Crippen LogP contribution in [0.15, 0.2) is 41.8 Å². The molecule has 0 aliphatic heterocycles. The summed E-state index contributed by atoms with van der Waals surface area (Å²) in [5.74, 6) is -0.0658. The van der Waals surface area contributed by atoms with Gasteiger partial charge in [0.1, 0.15) is 5.75 Å². The van der Waals surface area contributed by atoms with Gasteiger partial charge in [-0.15, -0.1) is 11.3 Å². The molecule has 0 amide bonds. The summed E-state index contributed by atoms with van der Waals surface area (Å²) in [4.78, 5) is 11.8. The molecule has 0 saturated carbocycles. The Labute approximate surface area is 126 Å². The van der Waals surface area contributed by atoms with Crippen LogP contribution in [0.5, 0.6) is 5.75 Å². The number of fused-ring (bicyclic) bond motifs is 1. The summed E-state index contributed by atoms with van der Waals surface area (Å²) < 4.78 is 5.87. The number of methoxy groups -OCH3 is 1. The van der Waals surface area contributed by atoms with Crippen LogP contribution in [-0.2, 0) is 4.74 Å². The molecule has 3 rings (SSSR count). The van der Waals surface area contributed by atoms with E-state index in [1.807, 2.05) is 36.6 Å². The monoisotopic (exact) mass is 298 g/mol. The van der Waals surface area contributed by atoms with E-state index in [9.17, 15) is 9.90 Å². The second-order valence-corrected chi connectivity index (χ2v) is 5.76. The number of phenols is 1. The topological polar surface area (TPSA) is 46.5 Å². The number of esters is 1. The summed E-state index contributed by atoms with van der Waals surface area (Å²) in [6.07, 6.45) is 0. The van der Waals surface area contributed by atoms with E-state index in [1.54, 1.807) is 12.1 Å². The van der Waals surface area contributed by atoms with Crippen molar-refractivity contribution >= 4 is 27.4 Å². The number of benzene rings is 2. The Kier molecular flexibility index (Phi) is 3.39. The van der Waals surface area contributed by atoms with E-state index in [0.717, 1.165) is 26.8 Å². The molecule has 0 unspecified atom stereocenters. The molecular formula is C17H14O3S. The first-order valence-corrected chi connectivity index (χ1v) is 7.37. The third-order valence-corrected chi connectivity index (χ3v) is 4.46. The molecule has 0 bridgehead atoms. The first-order valence-electron chi connectivity index (χ1n) is 6.49. The van der Waals surface area contributed by atoms with Gasteiger partial charge in [0.2, 0.25) is 0 Å². The van der Waals surface area contributed by atoms with Gasteiger partial charge in [0.15, 0.2) is 0 Å². The smallest absolute Gasteiger partial charge is 0.339 e. The van der Waals surface area contributed by atoms with Gasteiger partial charge in [-0.05, 0) is 47.9 Å². The lowest BCUT2D eigenvalue weighted by atomic mass is 9.98. The lowest BCUT2D eigenvalue weighted by molar-refractivity contribution is 0.0603. The highest BCUT2D eigenvalue weighted by molar-refractivity contribution is 7.17. The number of aromatic hydroxyl groups is 1. The molecule has 0 radical (unpaired) electrons. The molecule has 0 saturated heterocycles. The highest BCUT2D eigenvalue weighted by Gasteiger charge is 2.13. The predicted molar refractivity (Wildman–Crippen MR) is 85.0 cm³/mol. The highest BCUT2D eigenvalue weighted by Crippen LogP contribution is 2.33.